The molecule has 0 aliphatic carbocycles. The highest BCUT2D eigenvalue weighted by Crippen LogP contribution is 2.22. The highest BCUT2D eigenvalue weighted by molar-refractivity contribution is 9.10. The fourth-order valence-corrected chi connectivity index (χ4v) is 1.53. The topological polar surface area (TPSA) is 72.2 Å². The van der Waals surface area contributed by atoms with Crippen molar-refractivity contribution in [2.75, 3.05) is 6.54 Å². The minimum atomic E-state index is -3.60. The summed E-state index contributed by atoms with van der Waals surface area (Å²) in [7, 11) is 0. The molecule has 0 aliphatic rings. The first-order chi connectivity index (χ1) is 8.71. The Morgan fingerprint density at radius 1 is 1.47 bits per heavy atom. The zero-order chi connectivity index (χ0) is 14.6. The highest BCUT2D eigenvalue weighted by Gasteiger charge is 2.34. The van der Waals surface area contributed by atoms with Crippen molar-refractivity contribution in [3.8, 4) is 0 Å². The van der Waals surface area contributed by atoms with E-state index in [9.17, 15) is 23.7 Å². The Morgan fingerprint density at radius 2 is 2.00 bits per heavy atom. The van der Waals surface area contributed by atoms with E-state index in [1.54, 1.807) is 6.92 Å². The predicted octanol–water partition coefficient (Wildman–Crippen LogP) is 2.80. The van der Waals surface area contributed by atoms with E-state index in [0.717, 1.165) is 0 Å². The van der Waals surface area contributed by atoms with Crippen molar-refractivity contribution in [3.63, 3.8) is 0 Å². The molecule has 1 aromatic rings. The lowest BCUT2D eigenvalue weighted by Crippen LogP contribution is -2.37. The number of benzene rings is 1. The standard InChI is InChI=1S/C11H11BrF2N2O3/c1-7(6-15-10(17)11(12,13)14)8-2-4-9(5-3-8)16(18)19/h2-5,7H,6H2,1H3,(H,15,17). The summed E-state index contributed by atoms with van der Waals surface area (Å²) < 4.78 is 25.1. The number of hydrogen-bond donors (Lipinski definition) is 1. The average Bonchev–Trinajstić information content (AvgIpc) is 2.34. The van der Waals surface area contributed by atoms with Crippen molar-refractivity contribution in [2.45, 2.75) is 17.7 Å². The van der Waals surface area contributed by atoms with Crippen LogP contribution in [0.1, 0.15) is 18.4 Å². The number of carbonyl (C=O) groups is 1. The van der Waals surface area contributed by atoms with Crippen molar-refractivity contribution in [2.24, 2.45) is 0 Å². The number of hydrogen-bond acceptors (Lipinski definition) is 3. The first kappa shape index (κ1) is 15.5. The summed E-state index contributed by atoms with van der Waals surface area (Å²) in [6, 6.07) is 5.71. The molecule has 0 fully saturated rings. The van der Waals surface area contributed by atoms with Crippen LogP contribution in [0.25, 0.3) is 0 Å². The van der Waals surface area contributed by atoms with E-state index in [0.29, 0.717) is 5.56 Å². The zero-order valence-electron chi connectivity index (χ0n) is 9.90. The minimum absolute atomic E-state index is 0.0117. The van der Waals surface area contributed by atoms with Crippen LogP contribution in [0.3, 0.4) is 0 Å². The fraction of sp³-hybridized carbons (Fsp3) is 0.364. The Kier molecular flexibility index (Phi) is 4.93. The minimum Gasteiger partial charge on any atom is -0.349 e. The van der Waals surface area contributed by atoms with Crippen molar-refractivity contribution in [1.82, 2.24) is 5.32 Å². The zero-order valence-corrected chi connectivity index (χ0v) is 11.5. The van der Waals surface area contributed by atoms with Gasteiger partial charge in [-0.2, -0.15) is 8.78 Å². The number of nitrogens with one attached hydrogen (secondary N) is 1. The van der Waals surface area contributed by atoms with Crippen LogP contribution in [0.15, 0.2) is 24.3 Å². The summed E-state index contributed by atoms with van der Waals surface area (Å²) >= 11 is 1.96. The van der Waals surface area contributed by atoms with E-state index >= 15 is 0 Å². The SMILES string of the molecule is CC(CNC(=O)C(F)(F)Br)c1ccc([N+](=O)[O-])cc1. The van der Waals surface area contributed by atoms with Crippen LogP contribution < -0.4 is 5.32 Å². The van der Waals surface area contributed by atoms with Gasteiger partial charge in [0.05, 0.1) is 4.92 Å². The van der Waals surface area contributed by atoms with Gasteiger partial charge in [0, 0.05) is 34.6 Å². The summed E-state index contributed by atoms with van der Waals surface area (Å²) in [5.41, 5.74) is 0.663. The lowest BCUT2D eigenvalue weighted by Gasteiger charge is -2.14. The lowest BCUT2D eigenvalue weighted by molar-refractivity contribution is -0.384. The molecule has 1 aromatic carbocycles. The van der Waals surface area contributed by atoms with Gasteiger partial charge in [0.2, 0.25) is 0 Å². The second-order valence-electron chi connectivity index (χ2n) is 3.96. The maximum atomic E-state index is 12.5. The van der Waals surface area contributed by atoms with Crippen LogP contribution in [-0.2, 0) is 4.79 Å². The number of alkyl halides is 3. The van der Waals surface area contributed by atoms with Crippen LogP contribution >= 0.6 is 15.9 Å². The van der Waals surface area contributed by atoms with Crippen LogP contribution in [-0.4, -0.2) is 22.2 Å². The van der Waals surface area contributed by atoms with E-state index in [2.05, 4.69) is 5.32 Å². The molecule has 1 atom stereocenters. The molecule has 1 unspecified atom stereocenters. The highest BCUT2D eigenvalue weighted by atomic mass is 79.9. The van der Waals surface area contributed by atoms with Gasteiger partial charge in [-0.1, -0.05) is 19.1 Å². The third-order valence-corrected chi connectivity index (χ3v) is 2.86. The number of non-ortho nitro benzene ring substituents is 1. The maximum Gasteiger partial charge on any atom is 0.377 e. The quantitative estimate of drug-likeness (QED) is 0.510. The van der Waals surface area contributed by atoms with E-state index in [4.69, 9.17) is 0 Å². The van der Waals surface area contributed by atoms with E-state index in [1.165, 1.54) is 24.3 Å². The largest absolute Gasteiger partial charge is 0.377 e. The lowest BCUT2D eigenvalue weighted by atomic mass is 10.0. The molecule has 104 valence electrons. The molecule has 1 amide bonds. The average molecular weight is 337 g/mol. The van der Waals surface area contributed by atoms with Crippen molar-refractivity contribution in [1.29, 1.82) is 0 Å². The second kappa shape index (κ2) is 6.05. The molecule has 0 bridgehead atoms. The van der Waals surface area contributed by atoms with Gasteiger partial charge in [-0.3, -0.25) is 14.9 Å². The van der Waals surface area contributed by atoms with Crippen LogP contribution in [0.2, 0.25) is 0 Å². The molecule has 19 heavy (non-hydrogen) atoms. The Labute approximate surface area is 116 Å². The van der Waals surface area contributed by atoms with Gasteiger partial charge in [-0.15, -0.1) is 0 Å². The van der Waals surface area contributed by atoms with Crippen molar-refractivity contribution >= 4 is 27.5 Å². The number of nitro groups is 1. The van der Waals surface area contributed by atoms with Crippen molar-refractivity contribution < 1.29 is 18.5 Å². The van der Waals surface area contributed by atoms with Gasteiger partial charge >= 0.3 is 10.7 Å². The first-order valence-corrected chi connectivity index (χ1v) is 6.10. The second-order valence-corrected chi connectivity index (χ2v) is 4.95. The van der Waals surface area contributed by atoms with Crippen LogP contribution in [0.5, 0.6) is 0 Å². The number of amides is 1. The molecule has 5 nitrogen and oxygen atoms in total. The number of carbonyl (C=O) groups excluding carboxylic acids is 1. The maximum absolute atomic E-state index is 12.5. The van der Waals surface area contributed by atoms with Gasteiger partial charge in [-0.05, 0) is 11.5 Å². The van der Waals surface area contributed by atoms with Gasteiger partial charge in [-0.25, -0.2) is 0 Å². The molecule has 0 heterocycles. The van der Waals surface area contributed by atoms with Gasteiger partial charge in [0.25, 0.3) is 5.69 Å². The number of rotatable bonds is 5. The molecular formula is C11H11BrF2N2O3. The summed E-state index contributed by atoms with van der Waals surface area (Å²) in [4.78, 5) is 17.3. The smallest absolute Gasteiger partial charge is 0.349 e. The van der Waals surface area contributed by atoms with Gasteiger partial charge in [0.1, 0.15) is 0 Å². The Bertz CT molecular complexity index is 474. The predicted molar refractivity (Wildman–Crippen MR) is 68.4 cm³/mol. The van der Waals surface area contributed by atoms with Crippen LogP contribution in [0, 0.1) is 10.1 Å². The molecule has 0 aliphatic heterocycles. The number of halogens is 3. The Morgan fingerprint density at radius 3 is 2.42 bits per heavy atom. The summed E-state index contributed by atoms with van der Waals surface area (Å²) in [5.74, 6) is -1.65. The first-order valence-electron chi connectivity index (χ1n) is 5.31. The van der Waals surface area contributed by atoms with Gasteiger partial charge in [0.15, 0.2) is 0 Å². The normalized spacial score (nSPS) is 12.8. The number of nitro benzene ring substituents is 1. The third kappa shape index (κ3) is 4.55. The Hall–Kier alpha value is -1.57. The summed E-state index contributed by atoms with van der Waals surface area (Å²) in [6.45, 7) is 1.73. The van der Waals surface area contributed by atoms with E-state index in [-0.39, 0.29) is 18.2 Å². The third-order valence-electron chi connectivity index (χ3n) is 2.50. The molecule has 1 rings (SSSR count). The molecular weight excluding hydrogens is 326 g/mol. The molecule has 1 N–H and O–H groups in total. The van der Waals surface area contributed by atoms with Crippen LogP contribution in [0.4, 0.5) is 14.5 Å². The fourth-order valence-electron chi connectivity index (χ4n) is 1.39. The monoisotopic (exact) mass is 336 g/mol. The molecule has 0 spiro atoms. The molecule has 0 aromatic heterocycles. The summed E-state index contributed by atoms with van der Waals surface area (Å²) in [5, 5.41) is 12.6. The molecule has 8 heteroatoms. The van der Waals surface area contributed by atoms with Crippen molar-refractivity contribution in [3.05, 3.63) is 39.9 Å². The van der Waals surface area contributed by atoms with E-state index < -0.39 is 15.7 Å². The van der Waals surface area contributed by atoms with Gasteiger partial charge < -0.3 is 5.32 Å². The molecule has 0 saturated heterocycles. The van der Waals surface area contributed by atoms with E-state index in [1.807, 2.05) is 15.9 Å². The summed E-state index contributed by atoms with van der Waals surface area (Å²) in [6.07, 6.45) is 0. The number of nitrogens with zero attached hydrogens (tertiary/aromatic N) is 1. The molecule has 0 radical (unpaired) electrons. The molecule has 0 saturated carbocycles. The Balaban J connectivity index is 2.61.